The minimum absolute atomic E-state index is 0.0185. The average Bonchev–Trinajstić information content (AvgIpc) is 2.74. The number of benzene rings is 2. The third kappa shape index (κ3) is 5.16. The molecule has 2 heteroatoms. The molecule has 0 saturated heterocycles. The van der Waals surface area contributed by atoms with Crippen molar-refractivity contribution in [1.29, 1.82) is 0 Å². The van der Waals surface area contributed by atoms with Gasteiger partial charge in [-0.25, -0.2) is 0 Å². The molecule has 0 aromatic heterocycles. The van der Waals surface area contributed by atoms with Crippen molar-refractivity contribution in [3.8, 4) is 0 Å². The molecular weight excluding hydrogens is 388 g/mol. The predicted molar refractivity (Wildman–Crippen MR) is 135 cm³/mol. The quantitative estimate of drug-likeness (QED) is 0.433. The Hall–Kier alpha value is -1.96. The van der Waals surface area contributed by atoms with Crippen LogP contribution in [0.1, 0.15) is 113 Å². The Balaban J connectivity index is 1.68. The molecule has 0 bridgehead atoms. The van der Waals surface area contributed by atoms with E-state index < -0.39 is 0 Å². The molecule has 0 saturated carbocycles. The lowest BCUT2D eigenvalue weighted by atomic mass is 9.80. The average molecular weight is 431 g/mol. The SMILES string of the molecule is CC(C)(C)C(N=NC(c1ccc2c(c1)CCCC2)C(C)(C)C)c1ccc2c(c1)CCCC2. The summed E-state index contributed by atoms with van der Waals surface area (Å²) in [6, 6.07) is 14.3. The molecular formula is C30H42N2. The van der Waals surface area contributed by atoms with Gasteiger partial charge in [0.2, 0.25) is 0 Å². The molecule has 0 spiro atoms. The maximum absolute atomic E-state index is 5.09. The third-order valence-electron chi connectivity index (χ3n) is 7.31. The van der Waals surface area contributed by atoms with Gasteiger partial charge >= 0.3 is 0 Å². The molecule has 4 rings (SSSR count). The minimum atomic E-state index is 0.0185. The van der Waals surface area contributed by atoms with E-state index in [0.29, 0.717) is 0 Å². The highest BCUT2D eigenvalue weighted by Gasteiger charge is 2.31. The summed E-state index contributed by atoms with van der Waals surface area (Å²) in [7, 11) is 0. The third-order valence-corrected chi connectivity index (χ3v) is 7.31. The van der Waals surface area contributed by atoms with Crippen LogP contribution in [0.5, 0.6) is 0 Å². The zero-order valence-corrected chi connectivity index (χ0v) is 21.2. The first-order valence-electron chi connectivity index (χ1n) is 12.8. The molecule has 2 nitrogen and oxygen atoms in total. The van der Waals surface area contributed by atoms with Crippen LogP contribution in [-0.2, 0) is 25.7 Å². The first kappa shape index (κ1) is 23.2. The van der Waals surface area contributed by atoms with E-state index in [4.69, 9.17) is 10.2 Å². The molecule has 32 heavy (non-hydrogen) atoms. The molecule has 0 fully saturated rings. The van der Waals surface area contributed by atoms with Gasteiger partial charge in [0.25, 0.3) is 0 Å². The fourth-order valence-corrected chi connectivity index (χ4v) is 5.46. The molecule has 2 unspecified atom stereocenters. The second-order valence-electron chi connectivity index (χ2n) is 12.2. The number of rotatable bonds is 4. The highest BCUT2D eigenvalue weighted by atomic mass is 15.2. The smallest absolute Gasteiger partial charge is 0.101 e. The van der Waals surface area contributed by atoms with E-state index in [-0.39, 0.29) is 22.9 Å². The lowest BCUT2D eigenvalue weighted by Gasteiger charge is -2.31. The number of hydrogen-bond acceptors (Lipinski definition) is 2. The van der Waals surface area contributed by atoms with Gasteiger partial charge in [0.1, 0.15) is 12.1 Å². The van der Waals surface area contributed by atoms with Crippen molar-refractivity contribution in [3.05, 3.63) is 69.8 Å². The van der Waals surface area contributed by atoms with E-state index in [1.54, 1.807) is 0 Å². The van der Waals surface area contributed by atoms with Crippen molar-refractivity contribution < 1.29 is 0 Å². The zero-order chi connectivity index (χ0) is 22.9. The summed E-state index contributed by atoms with van der Waals surface area (Å²) >= 11 is 0. The minimum Gasteiger partial charge on any atom is -0.185 e. The van der Waals surface area contributed by atoms with Gasteiger partial charge in [0.05, 0.1) is 0 Å². The van der Waals surface area contributed by atoms with Crippen LogP contribution in [0.2, 0.25) is 0 Å². The summed E-state index contributed by atoms with van der Waals surface area (Å²) in [5.41, 5.74) is 8.80. The highest BCUT2D eigenvalue weighted by molar-refractivity contribution is 5.37. The van der Waals surface area contributed by atoms with Gasteiger partial charge in [0, 0.05) is 0 Å². The van der Waals surface area contributed by atoms with Crippen molar-refractivity contribution in [2.75, 3.05) is 0 Å². The van der Waals surface area contributed by atoms with Crippen molar-refractivity contribution >= 4 is 0 Å². The first-order chi connectivity index (χ1) is 15.1. The fraction of sp³-hybridized carbons (Fsp3) is 0.600. The Morgan fingerprint density at radius 1 is 0.531 bits per heavy atom. The lowest BCUT2D eigenvalue weighted by Crippen LogP contribution is -2.20. The number of fused-ring (bicyclic) bond motifs is 2. The van der Waals surface area contributed by atoms with Crippen LogP contribution in [0.15, 0.2) is 46.6 Å². The molecule has 0 amide bonds. The van der Waals surface area contributed by atoms with Gasteiger partial charge < -0.3 is 0 Å². The van der Waals surface area contributed by atoms with Crippen LogP contribution in [0.3, 0.4) is 0 Å². The first-order valence-corrected chi connectivity index (χ1v) is 12.8. The van der Waals surface area contributed by atoms with Gasteiger partial charge in [-0.15, -0.1) is 0 Å². The van der Waals surface area contributed by atoms with Gasteiger partial charge in [-0.1, -0.05) is 77.9 Å². The second-order valence-corrected chi connectivity index (χ2v) is 12.2. The molecule has 0 heterocycles. The van der Waals surface area contributed by atoms with Crippen LogP contribution in [0, 0.1) is 10.8 Å². The standard InChI is InChI=1S/C30H42N2/c1-29(2,3)27(25-17-15-21-11-7-9-13-23(21)19-25)31-32-28(30(4,5)6)26-18-16-22-12-8-10-14-24(22)20-26/h15-20,27-28H,7-14H2,1-6H3. The molecule has 2 aromatic rings. The molecule has 0 aliphatic heterocycles. The summed E-state index contributed by atoms with van der Waals surface area (Å²) in [4.78, 5) is 0. The maximum Gasteiger partial charge on any atom is 0.101 e. The molecule has 2 aliphatic rings. The van der Waals surface area contributed by atoms with Crippen molar-refractivity contribution in [2.24, 2.45) is 21.1 Å². The van der Waals surface area contributed by atoms with Crippen LogP contribution < -0.4 is 0 Å². The molecule has 172 valence electrons. The molecule has 0 radical (unpaired) electrons. The summed E-state index contributed by atoms with van der Waals surface area (Å²) < 4.78 is 0. The number of aryl methyl sites for hydroxylation is 4. The van der Waals surface area contributed by atoms with Crippen molar-refractivity contribution in [1.82, 2.24) is 0 Å². The van der Waals surface area contributed by atoms with Crippen LogP contribution in [-0.4, -0.2) is 0 Å². The van der Waals surface area contributed by atoms with Gasteiger partial charge in [-0.3, -0.25) is 0 Å². The second kappa shape index (κ2) is 9.12. The number of hydrogen-bond donors (Lipinski definition) is 0. The summed E-state index contributed by atoms with van der Waals surface area (Å²) in [5, 5.41) is 10.2. The zero-order valence-electron chi connectivity index (χ0n) is 21.2. The molecule has 0 N–H and O–H groups in total. The summed E-state index contributed by atoms with van der Waals surface area (Å²) in [5.74, 6) is 0. The van der Waals surface area contributed by atoms with E-state index in [1.165, 1.54) is 84.7 Å². The van der Waals surface area contributed by atoms with Crippen LogP contribution in [0.25, 0.3) is 0 Å². The lowest BCUT2D eigenvalue weighted by molar-refractivity contribution is 0.281. The fourth-order valence-electron chi connectivity index (χ4n) is 5.46. The van der Waals surface area contributed by atoms with Crippen LogP contribution >= 0.6 is 0 Å². The van der Waals surface area contributed by atoms with Crippen molar-refractivity contribution in [2.45, 2.75) is 105 Å². The van der Waals surface area contributed by atoms with E-state index in [1.807, 2.05) is 0 Å². The maximum atomic E-state index is 5.09. The summed E-state index contributed by atoms with van der Waals surface area (Å²) in [6.07, 6.45) is 10.1. The van der Waals surface area contributed by atoms with Crippen LogP contribution in [0.4, 0.5) is 0 Å². The Bertz CT molecular complexity index is 892. The Morgan fingerprint density at radius 3 is 1.22 bits per heavy atom. The van der Waals surface area contributed by atoms with Gasteiger partial charge in [-0.2, -0.15) is 10.2 Å². The largest absolute Gasteiger partial charge is 0.185 e. The predicted octanol–water partition coefficient (Wildman–Crippen LogP) is 8.77. The molecule has 2 atom stereocenters. The van der Waals surface area contributed by atoms with Crippen molar-refractivity contribution in [3.63, 3.8) is 0 Å². The molecule has 2 aromatic carbocycles. The number of nitrogens with zero attached hydrogens (tertiary/aromatic N) is 2. The monoisotopic (exact) mass is 430 g/mol. The molecule has 2 aliphatic carbocycles. The Labute approximate surface area is 195 Å². The Kier molecular flexibility index (Phi) is 6.61. The van der Waals surface area contributed by atoms with Gasteiger partial charge in [-0.05, 0) is 95.6 Å². The van der Waals surface area contributed by atoms with E-state index in [9.17, 15) is 0 Å². The van der Waals surface area contributed by atoms with E-state index in [2.05, 4.69) is 77.9 Å². The number of azo groups is 1. The Morgan fingerprint density at radius 2 is 0.875 bits per heavy atom. The summed E-state index contributed by atoms with van der Waals surface area (Å²) in [6.45, 7) is 13.8. The van der Waals surface area contributed by atoms with Gasteiger partial charge in [0.15, 0.2) is 0 Å². The topological polar surface area (TPSA) is 24.7 Å². The normalized spacial score (nSPS) is 18.8. The highest BCUT2D eigenvalue weighted by Crippen LogP contribution is 2.42. The van der Waals surface area contributed by atoms with E-state index >= 15 is 0 Å². The van der Waals surface area contributed by atoms with E-state index in [0.717, 1.165) is 0 Å².